The van der Waals surface area contributed by atoms with E-state index in [1.54, 1.807) is 11.6 Å². The molecule has 25 heavy (non-hydrogen) atoms. The molecule has 2 saturated carbocycles. The summed E-state index contributed by atoms with van der Waals surface area (Å²) in [5.41, 5.74) is 6.77. The van der Waals surface area contributed by atoms with Crippen LogP contribution < -0.4 is 0 Å². The van der Waals surface area contributed by atoms with E-state index in [1.165, 1.54) is 55.2 Å². The SMILES string of the molecule is C=CC.CCC12CCC(c3ccc(-c4ccc(C)cc4)cc3)(CC1)C2. The number of hydrogen-bond acceptors (Lipinski definition) is 0. The first-order valence-corrected chi connectivity index (χ1v) is 9.81. The van der Waals surface area contributed by atoms with Crippen molar-refractivity contribution in [2.45, 2.75) is 64.7 Å². The van der Waals surface area contributed by atoms with E-state index in [2.05, 4.69) is 69.0 Å². The van der Waals surface area contributed by atoms with Gasteiger partial charge in [0.2, 0.25) is 0 Å². The summed E-state index contributed by atoms with van der Waals surface area (Å²) in [4.78, 5) is 0. The van der Waals surface area contributed by atoms with Gasteiger partial charge in [-0.3, -0.25) is 0 Å². The third kappa shape index (κ3) is 3.45. The fourth-order valence-corrected chi connectivity index (χ4v) is 4.96. The van der Waals surface area contributed by atoms with E-state index in [-0.39, 0.29) is 0 Å². The van der Waals surface area contributed by atoms with E-state index in [4.69, 9.17) is 0 Å². The first kappa shape index (κ1) is 18.0. The van der Waals surface area contributed by atoms with E-state index in [0.717, 1.165) is 0 Å². The van der Waals surface area contributed by atoms with Crippen molar-refractivity contribution in [1.82, 2.24) is 0 Å². The minimum atomic E-state index is 0.502. The normalized spacial score (nSPS) is 26.8. The second kappa shape index (κ2) is 7.20. The van der Waals surface area contributed by atoms with Crippen molar-refractivity contribution < 1.29 is 0 Å². The molecule has 2 aliphatic rings. The maximum atomic E-state index is 3.36. The van der Waals surface area contributed by atoms with E-state index < -0.39 is 0 Å². The zero-order chi connectivity index (χ0) is 17.9. The summed E-state index contributed by atoms with van der Waals surface area (Å²) >= 11 is 0. The van der Waals surface area contributed by atoms with E-state index >= 15 is 0 Å². The molecule has 2 aromatic carbocycles. The van der Waals surface area contributed by atoms with Gasteiger partial charge < -0.3 is 0 Å². The topological polar surface area (TPSA) is 0 Å². The third-order valence-electron chi connectivity index (χ3n) is 6.61. The average molecular weight is 333 g/mol. The number of rotatable bonds is 3. The van der Waals surface area contributed by atoms with Crippen LogP contribution in [0.3, 0.4) is 0 Å². The van der Waals surface area contributed by atoms with Gasteiger partial charge in [0, 0.05) is 0 Å². The summed E-state index contributed by atoms with van der Waals surface area (Å²) in [6.07, 6.45) is 10.3. The molecule has 0 unspecified atom stereocenters. The molecule has 0 atom stereocenters. The van der Waals surface area contributed by atoms with Gasteiger partial charge >= 0.3 is 0 Å². The quantitative estimate of drug-likeness (QED) is 0.511. The first-order chi connectivity index (χ1) is 12.1. The van der Waals surface area contributed by atoms with Crippen LogP contribution in [0.2, 0.25) is 0 Å². The summed E-state index contributed by atoms with van der Waals surface area (Å²) < 4.78 is 0. The Kier molecular flexibility index (Phi) is 5.18. The van der Waals surface area contributed by atoms with Crippen LogP contribution in [0.25, 0.3) is 11.1 Å². The van der Waals surface area contributed by atoms with E-state index in [0.29, 0.717) is 10.8 Å². The van der Waals surface area contributed by atoms with Gasteiger partial charge in [-0.05, 0) is 73.5 Å². The maximum absolute atomic E-state index is 3.36. The Hall–Kier alpha value is -1.82. The van der Waals surface area contributed by atoms with Crippen LogP contribution in [0.15, 0.2) is 61.2 Å². The smallest absolute Gasteiger partial charge is 0.00413 e. The summed E-state index contributed by atoms with van der Waals surface area (Å²) in [6.45, 7) is 9.79. The Bertz CT molecular complexity index is 695. The lowest BCUT2D eigenvalue weighted by Gasteiger charge is -2.28. The molecule has 0 amide bonds. The van der Waals surface area contributed by atoms with Gasteiger partial charge in [-0.15, -0.1) is 6.58 Å². The second-order valence-corrected chi connectivity index (χ2v) is 8.16. The molecule has 4 rings (SSSR count). The van der Waals surface area contributed by atoms with Crippen LogP contribution in [-0.4, -0.2) is 0 Å². The van der Waals surface area contributed by atoms with Crippen molar-refractivity contribution in [3.63, 3.8) is 0 Å². The second-order valence-electron chi connectivity index (χ2n) is 8.16. The van der Waals surface area contributed by atoms with Gasteiger partial charge in [0.25, 0.3) is 0 Å². The van der Waals surface area contributed by atoms with E-state index in [1.807, 2.05) is 6.92 Å². The fraction of sp³-hybridized carbons (Fsp3) is 0.440. The third-order valence-corrected chi connectivity index (χ3v) is 6.61. The highest BCUT2D eigenvalue weighted by atomic mass is 14.6. The van der Waals surface area contributed by atoms with Crippen LogP contribution in [0, 0.1) is 12.3 Å². The largest absolute Gasteiger partial charge is 0.103 e. The summed E-state index contributed by atoms with van der Waals surface area (Å²) in [5, 5.41) is 0. The van der Waals surface area contributed by atoms with Crippen molar-refractivity contribution in [2.75, 3.05) is 0 Å². The van der Waals surface area contributed by atoms with Crippen LogP contribution >= 0.6 is 0 Å². The predicted octanol–water partition coefficient (Wildman–Crippen LogP) is 7.47. The fourth-order valence-electron chi connectivity index (χ4n) is 4.96. The number of fused-ring (bicyclic) bond motifs is 2. The minimum absolute atomic E-state index is 0.502. The standard InChI is InChI=1S/C22H26.C3H6/c1-3-21-12-14-22(16-21,15-13-21)20-10-8-19(9-11-20)18-6-4-17(2)5-7-18;1-3-2/h4-11H,3,12-16H2,1-2H3;3H,1H2,2H3. The van der Waals surface area contributed by atoms with Crippen molar-refractivity contribution in [1.29, 1.82) is 0 Å². The molecule has 132 valence electrons. The lowest BCUT2D eigenvalue weighted by Crippen LogP contribution is -2.19. The summed E-state index contributed by atoms with van der Waals surface area (Å²) in [5.74, 6) is 0. The average Bonchev–Trinajstić information content (AvgIpc) is 3.22. The Morgan fingerprint density at radius 3 is 1.80 bits per heavy atom. The molecule has 0 spiro atoms. The summed E-state index contributed by atoms with van der Waals surface area (Å²) in [6, 6.07) is 18.3. The lowest BCUT2D eigenvalue weighted by molar-refractivity contribution is 0.282. The number of aryl methyl sites for hydroxylation is 1. The summed E-state index contributed by atoms with van der Waals surface area (Å²) in [7, 11) is 0. The van der Waals surface area contributed by atoms with Crippen molar-refractivity contribution in [3.8, 4) is 11.1 Å². The number of benzene rings is 2. The molecule has 0 aliphatic heterocycles. The van der Waals surface area contributed by atoms with Crippen LogP contribution in [0.1, 0.15) is 63.5 Å². The van der Waals surface area contributed by atoms with Gasteiger partial charge in [0.15, 0.2) is 0 Å². The monoisotopic (exact) mass is 332 g/mol. The molecule has 0 saturated heterocycles. The Morgan fingerprint density at radius 2 is 1.36 bits per heavy atom. The zero-order valence-corrected chi connectivity index (χ0v) is 16.1. The Morgan fingerprint density at radius 1 is 0.880 bits per heavy atom. The molecule has 0 radical (unpaired) electrons. The first-order valence-electron chi connectivity index (χ1n) is 9.81. The highest BCUT2D eigenvalue weighted by molar-refractivity contribution is 5.64. The van der Waals surface area contributed by atoms with Crippen LogP contribution in [-0.2, 0) is 5.41 Å². The predicted molar refractivity (Wildman–Crippen MR) is 110 cm³/mol. The molecular weight excluding hydrogens is 300 g/mol. The molecule has 0 nitrogen and oxygen atoms in total. The van der Waals surface area contributed by atoms with Gasteiger partial charge in [-0.25, -0.2) is 0 Å². The molecule has 2 fully saturated rings. The van der Waals surface area contributed by atoms with Crippen molar-refractivity contribution >= 4 is 0 Å². The highest BCUT2D eigenvalue weighted by Crippen LogP contribution is 2.63. The van der Waals surface area contributed by atoms with Gasteiger partial charge in [-0.2, -0.15) is 0 Å². The molecule has 2 aromatic rings. The maximum Gasteiger partial charge on any atom is -0.00413 e. The molecular formula is C25H32. The Labute approximate surface area is 154 Å². The molecule has 0 heteroatoms. The number of hydrogen-bond donors (Lipinski definition) is 0. The van der Waals surface area contributed by atoms with Crippen LogP contribution in [0.4, 0.5) is 0 Å². The molecule has 0 aromatic heterocycles. The lowest BCUT2D eigenvalue weighted by atomic mass is 9.77. The van der Waals surface area contributed by atoms with Gasteiger partial charge in [0.1, 0.15) is 0 Å². The van der Waals surface area contributed by atoms with E-state index in [9.17, 15) is 0 Å². The molecule has 0 N–H and O–H groups in total. The molecule has 0 heterocycles. The van der Waals surface area contributed by atoms with Gasteiger partial charge in [0.05, 0.1) is 0 Å². The van der Waals surface area contributed by atoms with Crippen LogP contribution in [0.5, 0.6) is 0 Å². The van der Waals surface area contributed by atoms with Gasteiger partial charge in [-0.1, -0.05) is 73.5 Å². The Balaban J connectivity index is 0.000000569. The molecule has 2 aliphatic carbocycles. The van der Waals surface area contributed by atoms with Crippen molar-refractivity contribution in [2.24, 2.45) is 5.41 Å². The highest BCUT2D eigenvalue weighted by Gasteiger charge is 2.53. The molecule has 2 bridgehead atoms. The number of allylic oxidation sites excluding steroid dienone is 1. The minimum Gasteiger partial charge on any atom is -0.103 e. The zero-order valence-electron chi connectivity index (χ0n) is 16.1. The van der Waals surface area contributed by atoms with Crippen molar-refractivity contribution in [3.05, 3.63) is 72.3 Å².